The van der Waals surface area contributed by atoms with Crippen molar-refractivity contribution in [3.8, 4) is 0 Å². The van der Waals surface area contributed by atoms with Gasteiger partial charge in [0.1, 0.15) is 0 Å². The first-order chi connectivity index (χ1) is 8.86. The van der Waals surface area contributed by atoms with Gasteiger partial charge in [-0.25, -0.2) is 4.98 Å². The van der Waals surface area contributed by atoms with Gasteiger partial charge in [-0.15, -0.1) is 11.3 Å². The van der Waals surface area contributed by atoms with Crippen molar-refractivity contribution < 1.29 is 0 Å². The van der Waals surface area contributed by atoms with Crippen molar-refractivity contribution in [2.24, 2.45) is 0 Å². The highest BCUT2D eigenvalue weighted by molar-refractivity contribution is 7.07. The molecule has 0 aliphatic rings. The molecule has 0 fully saturated rings. The van der Waals surface area contributed by atoms with E-state index in [0.29, 0.717) is 0 Å². The zero-order chi connectivity index (χ0) is 12.4. The molecular weight excluding hydrogens is 242 g/mol. The van der Waals surface area contributed by atoms with E-state index in [2.05, 4.69) is 50.7 Å². The molecule has 2 aromatic heterocycles. The number of thiazole rings is 1. The summed E-state index contributed by atoms with van der Waals surface area (Å²) in [6.45, 7) is 1.76. The van der Waals surface area contributed by atoms with Crippen molar-refractivity contribution in [1.82, 2.24) is 14.9 Å². The fourth-order valence-corrected chi connectivity index (χ4v) is 2.74. The zero-order valence-corrected chi connectivity index (χ0v) is 11.1. The minimum Gasteiger partial charge on any atom is -0.341 e. The normalized spacial score (nSPS) is 11.2. The van der Waals surface area contributed by atoms with E-state index in [0.717, 1.165) is 18.8 Å². The summed E-state index contributed by atoms with van der Waals surface area (Å²) in [6.07, 6.45) is 2.13. The largest absolute Gasteiger partial charge is 0.341 e. The number of rotatable bonds is 4. The first-order valence-corrected chi connectivity index (χ1v) is 6.90. The fourth-order valence-electron chi connectivity index (χ4n) is 2.19. The number of aromatic nitrogens is 2. The number of hydrogen-bond acceptors (Lipinski definition) is 3. The molecule has 0 saturated heterocycles. The number of nitrogens with one attached hydrogen (secondary N) is 1. The molecule has 0 radical (unpaired) electrons. The fraction of sp³-hybridized carbons (Fsp3) is 0.214. The molecule has 3 rings (SSSR count). The summed E-state index contributed by atoms with van der Waals surface area (Å²) in [5.74, 6) is 0. The Morgan fingerprint density at radius 3 is 3.06 bits per heavy atom. The van der Waals surface area contributed by atoms with E-state index in [4.69, 9.17) is 0 Å². The average molecular weight is 257 g/mol. The van der Waals surface area contributed by atoms with Crippen LogP contribution in [-0.4, -0.2) is 16.6 Å². The van der Waals surface area contributed by atoms with Crippen LogP contribution in [0.4, 0.5) is 0 Å². The highest BCUT2D eigenvalue weighted by atomic mass is 32.1. The molecular formula is C14H15N3S. The molecule has 1 aromatic carbocycles. The van der Waals surface area contributed by atoms with Crippen LogP contribution in [-0.2, 0) is 13.1 Å². The van der Waals surface area contributed by atoms with Crippen LogP contribution in [0.15, 0.2) is 41.4 Å². The van der Waals surface area contributed by atoms with Gasteiger partial charge in [0.25, 0.3) is 0 Å². The Bertz CT molecular complexity index is 640. The molecule has 0 aliphatic heterocycles. The van der Waals surface area contributed by atoms with E-state index in [1.807, 2.05) is 12.6 Å². The molecule has 1 N–H and O–H groups in total. The van der Waals surface area contributed by atoms with Crippen molar-refractivity contribution in [2.75, 3.05) is 7.05 Å². The Morgan fingerprint density at radius 2 is 2.28 bits per heavy atom. The molecule has 0 amide bonds. The van der Waals surface area contributed by atoms with Crippen LogP contribution in [0.1, 0.15) is 11.3 Å². The Hall–Kier alpha value is -1.65. The van der Waals surface area contributed by atoms with Crippen molar-refractivity contribution in [3.63, 3.8) is 0 Å². The van der Waals surface area contributed by atoms with Crippen molar-refractivity contribution in [1.29, 1.82) is 0 Å². The van der Waals surface area contributed by atoms with Crippen LogP contribution < -0.4 is 5.32 Å². The van der Waals surface area contributed by atoms with Gasteiger partial charge in [0.2, 0.25) is 0 Å². The van der Waals surface area contributed by atoms with E-state index in [1.165, 1.54) is 16.5 Å². The summed E-state index contributed by atoms with van der Waals surface area (Å²) < 4.78 is 2.24. The summed E-state index contributed by atoms with van der Waals surface area (Å²) in [5.41, 5.74) is 5.59. The maximum absolute atomic E-state index is 4.33. The van der Waals surface area contributed by atoms with Gasteiger partial charge < -0.3 is 9.88 Å². The van der Waals surface area contributed by atoms with Gasteiger partial charge in [0, 0.05) is 23.6 Å². The van der Waals surface area contributed by atoms with Crippen LogP contribution in [0.3, 0.4) is 0 Å². The molecule has 0 bridgehead atoms. The third kappa shape index (κ3) is 2.17. The first-order valence-electron chi connectivity index (χ1n) is 5.96. The summed E-state index contributed by atoms with van der Waals surface area (Å²) in [4.78, 5) is 4.33. The molecule has 0 spiro atoms. The van der Waals surface area contributed by atoms with Crippen LogP contribution >= 0.6 is 11.3 Å². The topological polar surface area (TPSA) is 29.9 Å². The molecule has 0 aliphatic carbocycles. The highest BCUT2D eigenvalue weighted by Crippen LogP contribution is 2.19. The lowest BCUT2D eigenvalue weighted by Gasteiger charge is -2.04. The summed E-state index contributed by atoms with van der Waals surface area (Å²) >= 11 is 1.64. The molecule has 3 aromatic rings. The summed E-state index contributed by atoms with van der Waals surface area (Å²) in [5, 5.41) is 6.56. The maximum Gasteiger partial charge on any atom is 0.0795 e. The molecule has 3 nitrogen and oxygen atoms in total. The minimum atomic E-state index is 0.846. The SMILES string of the molecule is CNCc1ccc2c(ccn2Cc2cscn2)c1. The van der Waals surface area contributed by atoms with Gasteiger partial charge in [0.05, 0.1) is 17.7 Å². The van der Waals surface area contributed by atoms with E-state index in [9.17, 15) is 0 Å². The number of hydrogen-bond donors (Lipinski definition) is 1. The number of benzene rings is 1. The van der Waals surface area contributed by atoms with E-state index < -0.39 is 0 Å². The maximum atomic E-state index is 4.33. The van der Waals surface area contributed by atoms with Gasteiger partial charge in [-0.1, -0.05) is 6.07 Å². The lowest BCUT2D eigenvalue weighted by molar-refractivity contribution is 0.810. The van der Waals surface area contributed by atoms with Crippen molar-refractivity contribution in [2.45, 2.75) is 13.1 Å². The Labute approximate surface area is 110 Å². The van der Waals surface area contributed by atoms with Crippen LogP contribution in [0.25, 0.3) is 10.9 Å². The van der Waals surface area contributed by atoms with Gasteiger partial charge >= 0.3 is 0 Å². The molecule has 92 valence electrons. The second-order valence-corrected chi connectivity index (χ2v) is 5.07. The standard InChI is InChI=1S/C14H15N3S/c1-15-7-11-2-3-14-12(6-11)4-5-17(14)8-13-9-18-10-16-13/h2-6,9-10,15H,7-8H2,1H3. The predicted octanol–water partition coefficient (Wildman–Crippen LogP) is 2.87. The van der Waals surface area contributed by atoms with Gasteiger partial charge in [-0.05, 0) is 36.2 Å². The Morgan fingerprint density at radius 1 is 1.33 bits per heavy atom. The molecule has 4 heteroatoms. The average Bonchev–Trinajstić information content (AvgIpc) is 3.00. The smallest absolute Gasteiger partial charge is 0.0795 e. The Balaban J connectivity index is 1.94. The molecule has 0 saturated carbocycles. The second kappa shape index (κ2) is 4.92. The zero-order valence-electron chi connectivity index (χ0n) is 10.3. The van der Waals surface area contributed by atoms with E-state index in [1.54, 1.807) is 11.3 Å². The minimum absolute atomic E-state index is 0.846. The Kier molecular flexibility index (Phi) is 3.13. The van der Waals surface area contributed by atoms with E-state index >= 15 is 0 Å². The third-order valence-corrected chi connectivity index (χ3v) is 3.67. The van der Waals surface area contributed by atoms with Crippen LogP contribution in [0.5, 0.6) is 0 Å². The van der Waals surface area contributed by atoms with Gasteiger partial charge in [-0.3, -0.25) is 0 Å². The van der Waals surface area contributed by atoms with Gasteiger partial charge in [0.15, 0.2) is 0 Å². The monoisotopic (exact) mass is 257 g/mol. The number of fused-ring (bicyclic) bond motifs is 1. The lowest BCUT2D eigenvalue weighted by atomic mass is 10.1. The molecule has 0 unspecified atom stereocenters. The summed E-state index contributed by atoms with van der Waals surface area (Å²) in [6, 6.07) is 8.77. The lowest BCUT2D eigenvalue weighted by Crippen LogP contribution is -2.04. The third-order valence-electron chi connectivity index (χ3n) is 3.03. The van der Waals surface area contributed by atoms with Gasteiger partial charge in [-0.2, -0.15) is 0 Å². The van der Waals surface area contributed by atoms with Crippen LogP contribution in [0, 0.1) is 0 Å². The quantitative estimate of drug-likeness (QED) is 0.779. The first kappa shape index (κ1) is 11.4. The van der Waals surface area contributed by atoms with E-state index in [-0.39, 0.29) is 0 Å². The summed E-state index contributed by atoms with van der Waals surface area (Å²) in [7, 11) is 1.97. The van der Waals surface area contributed by atoms with Crippen LogP contribution in [0.2, 0.25) is 0 Å². The predicted molar refractivity (Wildman–Crippen MR) is 75.9 cm³/mol. The highest BCUT2D eigenvalue weighted by Gasteiger charge is 2.03. The van der Waals surface area contributed by atoms with Crippen molar-refractivity contribution >= 4 is 22.2 Å². The molecule has 0 atom stereocenters. The molecule has 2 heterocycles. The van der Waals surface area contributed by atoms with Crippen molar-refractivity contribution in [3.05, 3.63) is 52.6 Å². The number of nitrogens with zero attached hydrogens (tertiary/aromatic N) is 2. The second-order valence-electron chi connectivity index (χ2n) is 4.35. The molecule has 18 heavy (non-hydrogen) atoms.